The van der Waals surface area contributed by atoms with Gasteiger partial charge in [0.25, 0.3) is 5.56 Å². The Kier molecular flexibility index (Phi) is 5.34. The Hall–Kier alpha value is -3.13. The third-order valence-corrected chi connectivity index (χ3v) is 6.03. The molecule has 1 aromatic carbocycles. The van der Waals surface area contributed by atoms with Crippen LogP contribution in [0.5, 0.6) is 0 Å². The number of likely N-dealkylation sites (tertiary alicyclic amines) is 1. The van der Waals surface area contributed by atoms with Gasteiger partial charge in [-0.15, -0.1) is 0 Å². The highest BCUT2D eigenvalue weighted by atomic mass is 16.3. The van der Waals surface area contributed by atoms with E-state index in [0.717, 1.165) is 5.56 Å². The quantitative estimate of drug-likeness (QED) is 0.666. The van der Waals surface area contributed by atoms with Crippen LogP contribution in [0, 0.1) is 0 Å². The van der Waals surface area contributed by atoms with E-state index in [0.29, 0.717) is 43.7 Å². The van der Waals surface area contributed by atoms with Crippen molar-refractivity contribution in [2.45, 2.75) is 44.2 Å². The summed E-state index contributed by atoms with van der Waals surface area (Å²) in [5.41, 5.74) is 6.01. The lowest BCUT2D eigenvalue weighted by Gasteiger charge is -2.38. The number of carbonyl (C=O) groups is 1. The van der Waals surface area contributed by atoms with Gasteiger partial charge in [-0.05, 0) is 36.5 Å². The standard InChI is InChI=1S/C22H27N5O3/c1-16(17-5-3-2-4-6-17)13-20(28)25-11-9-22(30,10-12-25)14-26-15-24-27-18(21(26)29)7-8-19(27)23/h2-8,15-16,30H,9-14,23H2,1H3/t16-/m1/s1. The summed E-state index contributed by atoms with van der Waals surface area (Å²) in [7, 11) is 0. The molecule has 8 nitrogen and oxygen atoms in total. The van der Waals surface area contributed by atoms with Crippen molar-refractivity contribution in [2.75, 3.05) is 18.8 Å². The summed E-state index contributed by atoms with van der Waals surface area (Å²) in [6.45, 7) is 3.14. The maximum Gasteiger partial charge on any atom is 0.277 e. The van der Waals surface area contributed by atoms with Gasteiger partial charge in [0.2, 0.25) is 5.91 Å². The Morgan fingerprint density at radius 3 is 2.60 bits per heavy atom. The van der Waals surface area contributed by atoms with Crippen molar-refractivity contribution in [1.82, 2.24) is 19.1 Å². The first-order valence-corrected chi connectivity index (χ1v) is 10.2. The molecule has 2 aromatic heterocycles. The molecule has 0 saturated carbocycles. The van der Waals surface area contributed by atoms with Gasteiger partial charge >= 0.3 is 0 Å². The smallest absolute Gasteiger partial charge is 0.277 e. The average Bonchev–Trinajstić information content (AvgIpc) is 3.12. The van der Waals surface area contributed by atoms with Crippen LogP contribution in [0.1, 0.15) is 37.7 Å². The molecule has 3 heterocycles. The topological polar surface area (TPSA) is 106 Å². The van der Waals surface area contributed by atoms with Crippen LogP contribution in [0.25, 0.3) is 5.52 Å². The largest absolute Gasteiger partial charge is 0.388 e. The van der Waals surface area contributed by atoms with E-state index in [2.05, 4.69) is 12.0 Å². The van der Waals surface area contributed by atoms with Crippen molar-refractivity contribution < 1.29 is 9.90 Å². The molecule has 0 radical (unpaired) electrons. The summed E-state index contributed by atoms with van der Waals surface area (Å²) >= 11 is 0. The molecular formula is C22H27N5O3. The number of hydrogen-bond acceptors (Lipinski definition) is 5. The van der Waals surface area contributed by atoms with Crippen LogP contribution in [0.15, 0.2) is 53.6 Å². The number of rotatable bonds is 5. The van der Waals surface area contributed by atoms with E-state index in [-0.39, 0.29) is 23.9 Å². The Morgan fingerprint density at radius 1 is 1.20 bits per heavy atom. The van der Waals surface area contributed by atoms with Crippen molar-refractivity contribution in [1.29, 1.82) is 0 Å². The molecular weight excluding hydrogens is 382 g/mol. The van der Waals surface area contributed by atoms with Crippen LogP contribution in [-0.4, -0.2) is 48.8 Å². The molecule has 1 aliphatic rings. The van der Waals surface area contributed by atoms with E-state index >= 15 is 0 Å². The molecule has 0 unspecified atom stereocenters. The number of amides is 1. The fourth-order valence-electron chi connectivity index (χ4n) is 4.10. The highest BCUT2D eigenvalue weighted by molar-refractivity contribution is 5.77. The van der Waals surface area contributed by atoms with Crippen LogP contribution in [0.2, 0.25) is 0 Å². The Morgan fingerprint density at radius 2 is 1.90 bits per heavy atom. The van der Waals surface area contributed by atoms with Crippen molar-refractivity contribution in [2.24, 2.45) is 0 Å². The van der Waals surface area contributed by atoms with E-state index in [1.807, 2.05) is 35.2 Å². The zero-order valence-corrected chi connectivity index (χ0v) is 17.1. The van der Waals surface area contributed by atoms with Gasteiger partial charge in [-0.3, -0.25) is 14.2 Å². The molecule has 30 heavy (non-hydrogen) atoms. The number of aromatic nitrogens is 3. The van der Waals surface area contributed by atoms with Gasteiger partial charge < -0.3 is 15.7 Å². The maximum atomic E-state index is 12.7. The second-order valence-corrected chi connectivity index (χ2v) is 8.24. The molecule has 0 bridgehead atoms. The Balaban J connectivity index is 1.38. The van der Waals surface area contributed by atoms with Gasteiger partial charge in [0.1, 0.15) is 17.7 Å². The van der Waals surface area contributed by atoms with Gasteiger partial charge in [-0.2, -0.15) is 5.10 Å². The number of nitrogens with zero attached hydrogens (tertiary/aromatic N) is 4. The summed E-state index contributed by atoms with van der Waals surface area (Å²) in [6, 6.07) is 13.3. The van der Waals surface area contributed by atoms with Crippen molar-refractivity contribution >= 4 is 17.2 Å². The third kappa shape index (κ3) is 3.95. The van der Waals surface area contributed by atoms with Gasteiger partial charge in [-0.25, -0.2) is 4.52 Å². The minimum atomic E-state index is -1.05. The maximum absolute atomic E-state index is 12.7. The third-order valence-electron chi connectivity index (χ3n) is 6.03. The van der Waals surface area contributed by atoms with Gasteiger partial charge in [0.05, 0.1) is 12.1 Å². The molecule has 3 N–H and O–H groups in total. The molecule has 3 aromatic rings. The number of fused-ring (bicyclic) bond motifs is 1. The molecule has 1 aliphatic heterocycles. The lowest BCUT2D eigenvalue weighted by Crippen LogP contribution is -2.49. The van der Waals surface area contributed by atoms with Crippen LogP contribution in [0.4, 0.5) is 5.82 Å². The number of hydrogen-bond donors (Lipinski definition) is 2. The number of nitrogen functional groups attached to an aromatic ring is 1. The minimum Gasteiger partial charge on any atom is -0.388 e. The first-order chi connectivity index (χ1) is 14.4. The predicted octanol–water partition coefficient (Wildman–Crippen LogP) is 1.63. The first-order valence-electron chi connectivity index (χ1n) is 10.2. The lowest BCUT2D eigenvalue weighted by atomic mass is 9.90. The van der Waals surface area contributed by atoms with Crippen molar-refractivity contribution in [3.05, 3.63) is 64.7 Å². The SMILES string of the molecule is C[C@H](CC(=O)N1CCC(O)(Cn2cnn3c(N)ccc3c2=O)CC1)c1ccccc1. The van der Waals surface area contributed by atoms with Gasteiger partial charge in [-0.1, -0.05) is 37.3 Å². The Bertz CT molecular complexity index is 1100. The summed E-state index contributed by atoms with van der Waals surface area (Å²) < 4.78 is 2.81. The molecule has 0 aliphatic carbocycles. The molecule has 4 rings (SSSR count). The van der Waals surface area contributed by atoms with Crippen LogP contribution in [0.3, 0.4) is 0 Å². The molecule has 158 valence electrons. The lowest BCUT2D eigenvalue weighted by molar-refractivity contribution is -0.136. The number of nitrogens with two attached hydrogens (primary N) is 1. The van der Waals surface area contributed by atoms with E-state index < -0.39 is 5.60 Å². The molecule has 8 heteroatoms. The molecule has 1 fully saturated rings. The van der Waals surface area contributed by atoms with Crippen LogP contribution < -0.4 is 11.3 Å². The zero-order valence-electron chi connectivity index (χ0n) is 17.1. The van der Waals surface area contributed by atoms with Gasteiger partial charge in [0.15, 0.2) is 0 Å². The fraction of sp³-hybridized carbons (Fsp3) is 0.409. The van der Waals surface area contributed by atoms with Crippen molar-refractivity contribution in [3.63, 3.8) is 0 Å². The molecule has 1 atom stereocenters. The average molecular weight is 409 g/mol. The number of piperidine rings is 1. The second kappa shape index (κ2) is 7.95. The van der Waals surface area contributed by atoms with E-state index in [1.165, 1.54) is 15.4 Å². The summed E-state index contributed by atoms with van der Waals surface area (Å²) in [5, 5.41) is 15.2. The predicted molar refractivity (Wildman–Crippen MR) is 114 cm³/mol. The summed E-state index contributed by atoms with van der Waals surface area (Å²) in [5.74, 6) is 0.632. The number of aliphatic hydroxyl groups is 1. The van der Waals surface area contributed by atoms with E-state index in [9.17, 15) is 14.7 Å². The molecule has 0 spiro atoms. The zero-order chi connectivity index (χ0) is 21.3. The summed E-state index contributed by atoms with van der Waals surface area (Å²) in [4.78, 5) is 27.2. The fourth-order valence-corrected chi connectivity index (χ4v) is 4.10. The van der Waals surface area contributed by atoms with E-state index in [4.69, 9.17) is 5.73 Å². The van der Waals surface area contributed by atoms with Crippen LogP contribution in [-0.2, 0) is 11.3 Å². The Labute approximate surface area is 174 Å². The highest BCUT2D eigenvalue weighted by Gasteiger charge is 2.35. The molecule has 1 amide bonds. The van der Waals surface area contributed by atoms with Gasteiger partial charge in [0, 0.05) is 19.5 Å². The van der Waals surface area contributed by atoms with E-state index in [1.54, 1.807) is 12.1 Å². The van der Waals surface area contributed by atoms with Crippen LogP contribution >= 0.6 is 0 Å². The first kappa shape index (κ1) is 20.2. The summed E-state index contributed by atoms with van der Waals surface area (Å²) in [6.07, 6.45) is 2.68. The monoisotopic (exact) mass is 409 g/mol. The van der Waals surface area contributed by atoms with Crippen molar-refractivity contribution in [3.8, 4) is 0 Å². The number of carbonyl (C=O) groups excluding carboxylic acids is 1. The minimum absolute atomic E-state index is 0.0947. The number of anilines is 1. The second-order valence-electron chi connectivity index (χ2n) is 8.24. The molecule has 1 saturated heterocycles. The highest BCUT2D eigenvalue weighted by Crippen LogP contribution is 2.26. The number of benzene rings is 1. The normalized spacial score (nSPS) is 17.2.